The first kappa shape index (κ1) is 9.97. The third kappa shape index (κ3) is 1.54. The summed E-state index contributed by atoms with van der Waals surface area (Å²) < 4.78 is 0. The molecule has 0 radical (unpaired) electrons. The minimum Gasteiger partial charge on any atom is -0.281 e. The number of rotatable bonds is 2. The minimum absolute atomic E-state index is 0.00611. The van der Waals surface area contributed by atoms with Gasteiger partial charge in [0.05, 0.1) is 0 Å². The normalized spacial score (nSPS) is 32.2. The Morgan fingerprint density at radius 1 is 1.21 bits per heavy atom. The topological polar surface area (TPSA) is 37.4 Å². The minimum atomic E-state index is 0.00611. The van der Waals surface area contributed by atoms with Crippen molar-refractivity contribution >= 4 is 23.4 Å². The molecule has 2 bridgehead atoms. The van der Waals surface area contributed by atoms with Gasteiger partial charge in [0.25, 0.3) is 0 Å². The third-order valence-corrected chi connectivity index (χ3v) is 3.38. The molecule has 2 atom stereocenters. The van der Waals surface area contributed by atoms with E-state index in [4.69, 9.17) is 11.6 Å². The molecule has 2 aliphatic rings. The van der Waals surface area contributed by atoms with E-state index in [1.165, 1.54) is 4.90 Å². The summed E-state index contributed by atoms with van der Waals surface area (Å²) in [5, 5.41) is 0. The molecule has 14 heavy (non-hydrogen) atoms. The molecule has 1 heterocycles. The smallest absolute Gasteiger partial charge is 0.232 e. The van der Waals surface area contributed by atoms with E-state index in [0.29, 0.717) is 12.4 Å². The molecule has 3 nitrogen and oxygen atoms in total. The zero-order valence-electron chi connectivity index (χ0n) is 8.04. The second kappa shape index (κ2) is 3.89. The third-order valence-electron chi connectivity index (χ3n) is 3.21. The number of fused-ring (bicyclic) bond motifs is 2. The van der Waals surface area contributed by atoms with E-state index >= 15 is 0 Å². The standard InChI is InChI=1S/C10H14ClNO2/c11-4-5-12-9(13)7-2-1-3-8(6-7)10(12)14/h7-8H,1-6H2. The Morgan fingerprint density at radius 3 is 2.29 bits per heavy atom. The maximum absolute atomic E-state index is 11.8. The van der Waals surface area contributed by atoms with Crippen LogP contribution < -0.4 is 0 Å². The van der Waals surface area contributed by atoms with Crippen LogP contribution in [0.1, 0.15) is 25.7 Å². The predicted molar refractivity (Wildman–Crippen MR) is 52.9 cm³/mol. The summed E-state index contributed by atoms with van der Waals surface area (Å²) in [7, 11) is 0. The first-order chi connectivity index (χ1) is 6.74. The highest BCUT2D eigenvalue weighted by Crippen LogP contribution is 2.35. The summed E-state index contributed by atoms with van der Waals surface area (Å²) in [4.78, 5) is 24.9. The number of nitrogens with zero attached hydrogens (tertiary/aromatic N) is 1. The molecule has 0 N–H and O–H groups in total. The summed E-state index contributed by atoms with van der Waals surface area (Å²) >= 11 is 5.58. The van der Waals surface area contributed by atoms with Crippen LogP contribution in [0, 0.1) is 11.8 Å². The number of halogens is 1. The Morgan fingerprint density at radius 2 is 1.79 bits per heavy atom. The van der Waals surface area contributed by atoms with Crippen molar-refractivity contribution in [2.75, 3.05) is 12.4 Å². The van der Waals surface area contributed by atoms with Gasteiger partial charge in [0.2, 0.25) is 11.8 Å². The van der Waals surface area contributed by atoms with Gasteiger partial charge in [0, 0.05) is 24.3 Å². The number of amides is 2. The number of imide groups is 1. The van der Waals surface area contributed by atoms with Crippen LogP contribution >= 0.6 is 11.6 Å². The first-order valence-electron chi connectivity index (χ1n) is 5.15. The quantitative estimate of drug-likeness (QED) is 0.516. The zero-order valence-corrected chi connectivity index (χ0v) is 8.79. The molecule has 0 spiro atoms. The van der Waals surface area contributed by atoms with Crippen LogP contribution in [0.5, 0.6) is 0 Å². The maximum atomic E-state index is 11.8. The number of hydrogen-bond donors (Lipinski definition) is 0. The van der Waals surface area contributed by atoms with Crippen LogP contribution in [0.25, 0.3) is 0 Å². The molecule has 2 rings (SSSR count). The summed E-state index contributed by atoms with van der Waals surface area (Å²) in [5.74, 6) is 0.541. The molecule has 1 saturated carbocycles. The van der Waals surface area contributed by atoms with E-state index < -0.39 is 0 Å². The van der Waals surface area contributed by atoms with Crippen LogP contribution in [-0.2, 0) is 9.59 Å². The Bertz CT molecular complexity index is 245. The second-order valence-electron chi connectivity index (χ2n) is 4.08. The average Bonchev–Trinajstić information content (AvgIpc) is 2.23. The van der Waals surface area contributed by atoms with E-state index in [0.717, 1.165) is 25.7 Å². The van der Waals surface area contributed by atoms with Crippen LogP contribution in [-0.4, -0.2) is 29.1 Å². The summed E-state index contributed by atoms with van der Waals surface area (Å²) in [6.45, 7) is 0.381. The van der Waals surface area contributed by atoms with E-state index in [9.17, 15) is 9.59 Å². The Balaban J connectivity index is 2.16. The maximum Gasteiger partial charge on any atom is 0.232 e. The Kier molecular flexibility index (Phi) is 2.77. The van der Waals surface area contributed by atoms with Gasteiger partial charge < -0.3 is 0 Å². The largest absolute Gasteiger partial charge is 0.281 e. The van der Waals surface area contributed by atoms with Crippen molar-refractivity contribution < 1.29 is 9.59 Å². The highest BCUT2D eigenvalue weighted by Gasteiger charge is 2.42. The number of alkyl halides is 1. The first-order valence-corrected chi connectivity index (χ1v) is 5.68. The molecule has 2 unspecified atom stereocenters. The Hall–Kier alpha value is -0.570. The lowest BCUT2D eigenvalue weighted by molar-refractivity contribution is -0.157. The van der Waals surface area contributed by atoms with E-state index in [-0.39, 0.29) is 23.7 Å². The molecule has 0 aromatic carbocycles. The van der Waals surface area contributed by atoms with Crippen molar-refractivity contribution in [2.24, 2.45) is 11.8 Å². The van der Waals surface area contributed by atoms with Crippen molar-refractivity contribution in [2.45, 2.75) is 25.7 Å². The van der Waals surface area contributed by atoms with Crippen molar-refractivity contribution in [1.29, 1.82) is 0 Å². The molecule has 0 aromatic heterocycles. The SMILES string of the molecule is O=C1C2CCCC(C2)C(=O)N1CCCl. The van der Waals surface area contributed by atoms with Gasteiger partial charge in [-0.1, -0.05) is 6.42 Å². The highest BCUT2D eigenvalue weighted by molar-refractivity contribution is 6.18. The molecule has 78 valence electrons. The van der Waals surface area contributed by atoms with Crippen LogP contribution in [0.3, 0.4) is 0 Å². The van der Waals surface area contributed by atoms with E-state index in [2.05, 4.69) is 0 Å². The van der Waals surface area contributed by atoms with Gasteiger partial charge in [-0.15, -0.1) is 11.6 Å². The number of carbonyl (C=O) groups excluding carboxylic acids is 2. The van der Waals surface area contributed by atoms with Crippen molar-refractivity contribution in [3.63, 3.8) is 0 Å². The second-order valence-corrected chi connectivity index (χ2v) is 4.46. The molecule has 2 fully saturated rings. The van der Waals surface area contributed by atoms with E-state index in [1.807, 2.05) is 0 Å². The van der Waals surface area contributed by atoms with Crippen LogP contribution in [0.15, 0.2) is 0 Å². The number of carbonyl (C=O) groups is 2. The lowest BCUT2D eigenvalue weighted by Gasteiger charge is -2.38. The fourth-order valence-corrected chi connectivity index (χ4v) is 2.66. The lowest BCUT2D eigenvalue weighted by atomic mass is 9.77. The van der Waals surface area contributed by atoms with Gasteiger partial charge in [0.15, 0.2) is 0 Å². The lowest BCUT2D eigenvalue weighted by Crippen LogP contribution is -2.51. The highest BCUT2D eigenvalue weighted by atomic mass is 35.5. The van der Waals surface area contributed by atoms with Crippen LogP contribution in [0.2, 0.25) is 0 Å². The zero-order chi connectivity index (χ0) is 10.1. The average molecular weight is 216 g/mol. The molecule has 0 aromatic rings. The van der Waals surface area contributed by atoms with Gasteiger partial charge in [-0.25, -0.2) is 0 Å². The van der Waals surface area contributed by atoms with Crippen molar-refractivity contribution in [3.8, 4) is 0 Å². The number of likely N-dealkylation sites (tertiary alicyclic amines) is 1. The molecule has 2 amide bonds. The summed E-state index contributed by atoms with van der Waals surface area (Å²) in [6.07, 6.45) is 3.68. The summed E-state index contributed by atoms with van der Waals surface area (Å²) in [6, 6.07) is 0. The van der Waals surface area contributed by atoms with E-state index in [1.54, 1.807) is 0 Å². The van der Waals surface area contributed by atoms with Gasteiger partial charge in [-0.2, -0.15) is 0 Å². The van der Waals surface area contributed by atoms with Gasteiger partial charge in [0.1, 0.15) is 0 Å². The molecule has 1 aliphatic heterocycles. The predicted octanol–water partition coefficient (Wildman–Crippen LogP) is 1.40. The van der Waals surface area contributed by atoms with Crippen molar-refractivity contribution in [1.82, 2.24) is 4.90 Å². The number of hydrogen-bond acceptors (Lipinski definition) is 2. The molecule has 1 saturated heterocycles. The molecule has 4 heteroatoms. The van der Waals surface area contributed by atoms with Gasteiger partial charge in [-0.05, 0) is 19.3 Å². The fraction of sp³-hybridized carbons (Fsp3) is 0.800. The summed E-state index contributed by atoms with van der Waals surface area (Å²) in [5.41, 5.74) is 0. The molecular formula is C10H14ClNO2. The van der Waals surface area contributed by atoms with Crippen molar-refractivity contribution in [3.05, 3.63) is 0 Å². The van der Waals surface area contributed by atoms with Crippen LogP contribution in [0.4, 0.5) is 0 Å². The van der Waals surface area contributed by atoms with Gasteiger partial charge >= 0.3 is 0 Å². The number of piperidine rings is 1. The van der Waals surface area contributed by atoms with Gasteiger partial charge in [-0.3, -0.25) is 14.5 Å². The molecular weight excluding hydrogens is 202 g/mol. The monoisotopic (exact) mass is 215 g/mol. The molecule has 1 aliphatic carbocycles. The Labute approximate surface area is 88.4 Å². The fourth-order valence-electron chi connectivity index (χ4n) is 2.49.